The molecule has 1 unspecified atom stereocenters. The number of hydrogen-bond acceptors (Lipinski definition) is 5. The molecule has 4 aromatic rings. The Hall–Kier alpha value is -3.88. The average Bonchev–Trinajstić information content (AvgIpc) is 3.38. The van der Waals surface area contributed by atoms with Crippen LogP contribution in [0.4, 0.5) is 4.79 Å². The Bertz CT molecular complexity index is 1280. The van der Waals surface area contributed by atoms with Crippen molar-refractivity contribution in [3.63, 3.8) is 0 Å². The molecule has 3 N–H and O–H groups in total. The number of rotatable bonds is 9. The topological polar surface area (TPSA) is 91.5 Å². The van der Waals surface area contributed by atoms with Gasteiger partial charge in [0.15, 0.2) is 0 Å². The molecule has 1 aliphatic heterocycles. The van der Waals surface area contributed by atoms with Crippen LogP contribution in [0.2, 0.25) is 0 Å². The van der Waals surface area contributed by atoms with E-state index in [4.69, 9.17) is 14.5 Å². The Balaban J connectivity index is 1.28. The van der Waals surface area contributed by atoms with Gasteiger partial charge in [-0.05, 0) is 47.4 Å². The molecule has 0 spiro atoms. The number of H-pyrrole nitrogens is 1. The number of benzene rings is 3. The second-order valence-electron chi connectivity index (χ2n) is 9.23. The summed E-state index contributed by atoms with van der Waals surface area (Å²) in [6.45, 7) is 4.67. The number of para-hydroxylation sites is 2. The lowest BCUT2D eigenvalue weighted by Crippen LogP contribution is -2.39. The van der Waals surface area contributed by atoms with Crippen LogP contribution in [0.25, 0.3) is 11.0 Å². The minimum absolute atomic E-state index is 0.236. The lowest BCUT2D eigenvalue weighted by molar-refractivity contribution is 0.0341. The van der Waals surface area contributed by atoms with Gasteiger partial charge in [-0.1, -0.05) is 48.5 Å². The van der Waals surface area contributed by atoms with Crippen molar-refractivity contribution in [3.8, 4) is 5.75 Å². The summed E-state index contributed by atoms with van der Waals surface area (Å²) in [4.78, 5) is 23.6. The van der Waals surface area contributed by atoms with Crippen LogP contribution in [0.1, 0.15) is 28.6 Å². The third kappa shape index (κ3) is 6.47. The summed E-state index contributed by atoms with van der Waals surface area (Å²) < 4.78 is 10.8. The smallest absolute Gasteiger partial charge is 0.315 e. The number of hydrogen-bond donors (Lipinski definition) is 3. The maximum absolute atomic E-state index is 13.1. The first-order valence-corrected chi connectivity index (χ1v) is 12.7. The molecule has 1 aliphatic rings. The van der Waals surface area contributed by atoms with Gasteiger partial charge in [0, 0.05) is 26.2 Å². The summed E-state index contributed by atoms with van der Waals surface area (Å²) in [6.07, 6.45) is 0.588. The maximum atomic E-state index is 13.1. The van der Waals surface area contributed by atoms with Gasteiger partial charge in [0.25, 0.3) is 0 Å². The number of ether oxygens (including phenoxy) is 2. The highest BCUT2D eigenvalue weighted by Gasteiger charge is 2.20. The maximum Gasteiger partial charge on any atom is 0.315 e. The molecule has 0 aliphatic carbocycles. The van der Waals surface area contributed by atoms with E-state index in [9.17, 15) is 4.79 Å². The summed E-state index contributed by atoms with van der Waals surface area (Å²) in [6, 6.07) is 23.5. The van der Waals surface area contributed by atoms with Crippen LogP contribution in [-0.4, -0.2) is 54.3 Å². The lowest BCUT2D eigenvalue weighted by Gasteiger charge is -2.27. The Morgan fingerprint density at radius 1 is 1.03 bits per heavy atom. The van der Waals surface area contributed by atoms with E-state index in [-0.39, 0.29) is 12.1 Å². The zero-order valence-corrected chi connectivity index (χ0v) is 21.1. The first-order valence-electron chi connectivity index (χ1n) is 12.7. The number of urea groups is 1. The quantitative estimate of drug-likeness (QED) is 0.321. The minimum Gasteiger partial charge on any atom is -0.497 e. The van der Waals surface area contributed by atoms with Crippen LogP contribution >= 0.6 is 0 Å². The molecule has 2 amide bonds. The molecule has 1 fully saturated rings. The third-order valence-electron chi connectivity index (χ3n) is 6.70. The summed E-state index contributed by atoms with van der Waals surface area (Å²) in [5, 5.41) is 6.20. The van der Waals surface area contributed by atoms with Crippen molar-refractivity contribution in [2.75, 3.05) is 33.4 Å². The molecule has 0 saturated carbocycles. The Morgan fingerprint density at radius 3 is 2.51 bits per heavy atom. The standard InChI is InChI=1S/C29H33N5O3/c1-36-24-12-10-21(11-13-24)18-27(28-31-25-8-4-5-9-26(25)32-28)33-29(35)30-19-22-6-2-3-7-23(22)20-34-14-16-37-17-15-34/h2-13,27H,14-20H2,1H3,(H,31,32)(H2,30,33,35). The molecule has 2 heterocycles. The molecule has 3 aromatic carbocycles. The van der Waals surface area contributed by atoms with Crippen molar-refractivity contribution in [2.24, 2.45) is 0 Å². The monoisotopic (exact) mass is 499 g/mol. The van der Waals surface area contributed by atoms with Crippen LogP contribution in [0.15, 0.2) is 72.8 Å². The van der Waals surface area contributed by atoms with Gasteiger partial charge in [0.1, 0.15) is 11.6 Å². The molecule has 1 saturated heterocycles. The molecule has 192 valence electrons. The Morgan fingerprint density at radius 2 is 1.76 bits per heavy atom. The number of amides is 2. The van der Waals surface area contributed by atoms with Gasteiger partial charge in [-0.15, -0.1) is 0 Å². The van der Waals surface area contributed by atoms with Gasteiger partial charge in [0.05, 0.1) is 37.4 Å². The summed E-state index contributed by atoms with van der Waals surface area (Å²) in [7, 11) is 1.65. The highest BCUT2D eigenvalue weighted by molar-refractivity contribution is 5.76. The number of imidazole rings is 1. The molecule has 8 heteroatoms. The summed E-state index contributed by atoms with van der Waals surface area (Å²) in [5.41, 5.74) is 5.21. The average molecular weight is 500 g/mol. The first-order chi connectivity index (χ1) is 18.2. The number of fused-ring (bicyclic) bond motifs is 1. The predicted octanol–water partition coefficient (Wildman–Crippen LogP) is 4.19. The number of carbonyl (C=O) groups excluding carboxylic acids is 1. The normalized spacial score (nSPS) is 14.8. The van der Waals surface area contributed by atoms with Crippen LogP contribution in [0, 0.1) is 0 Å². The van der Waals surface area contributed by atoms with Crippen molar-refractivity contribution >= 4 is 17.1 Å². The van der Waals surface area contributed by atoms with E-state index < -0.39 is 0 Å². The van der Waals surface area contributed by atoms with Crippen LogP contribution < -0.4 is 15.4 Å². The molecular weight excluding hydrogens is 466 g/mol. The molecular formula is C29H33N5O3. The molecule has 1 aromatic heterocycles. The highest BCUT2D eigenvalue weighted by atomic mass is 16.5. The number of nitrogens with zero attached hydrogens (tertiary/aromatic N) is 2. The second-order valence-corrected chi connectivity index (χ2v) is 9.23. The van der Waals surface area contributed by atoms with E-state index in [0.29, 0.717) is 13.0 Å². The van der Waals surface area contributed by atoms with Gasteiger partial charge in [-0.2, -0.15) is 0 Å². The number of aromatic amines is 1. The van der Waals surface area contributed by atoms with Crippen LogP contribution in [0.5, 0.6) is 5.75 Å². The van der Waals surface area contributed by atoms with E-state index in [2.05, 4.69) is 32.7 Å². The minimum atomic E-state index is -0.329. The Labute approximate surface area is 217 Å². The number of morpholine rings is 1. The fraction of sp³-hybridized carbons (Fsp3) is 0.310. The molecule has 1 atom stereocenters. The van der Waals surface area contributed by atoms with E-state index in [0.717, 1.165) is 66.6 Å². The number of nitrogens with one attached hydrogen (secondary N) is 3. The third-order valence-corrected chi connectivity index (χ3v) is 6.70. The van der Waals surface area contributed by atoms with Crippen molar-refractivity contribution in [2.45, 2.75) is 25.6 Å². The first kappa shape index (κ1) is 24.8. The lowest BCUT2D eigenvalue weighted by atomic mass is 10.1. The second kappa shape index (κ2) is 11.9. The van der Waals surface area contributed by atoms with Gasteiger partial charge < -0.3 is 25.1 Å². The van der Waals surface area contributed by atoms with Crippen molar-refractivity contribution < 1.29 is 14.3 Å². The van der Waals surface area contributed by atoms with E-state index in [1.807, 2.05) is 60.7 Å². The predicted molar refractivity (Wildman–Crippen MR) is 143 cm³/mol. The molecule has 0 bridgehead atoms. The zero-order valence-electron chi connectivity index (χ0n) is 21.1. The van der Waals surface area contributed by atoms with Crippen molar-refractivity contribution in [1.29, 1.82) is 0 Å². The van der Waals surface area contributed by atoms with Gasteiger partial charge in [0.2, 0.25) is 0 Å². The van der Waals surface area contributed by atoms with E-state index in [1.165, 1.54) is 5.56 Å². The van der Waals surface area contributed by atoms with E-state index >= 15 is 0 Å². The van der Waals surface area contributed by atoms with Crippen molar-refractivity contribution in [3.05, 3.63) is 95.3 Å². The van der Waals surface area contributed by atoms with Crippen LogP contribution in [-0.2, 0) is 24.2 Å². The van der Waals surface area contributed by atoms with Gasteiger partial charge in [-0.25, -0.2) is 9.78 Å². The molecule has 37 heavy (non-hydrogen) atoms. The number of methoxy groups -OCH3 is 1. The number of carbonyl (C=O) groups is 1. The summed E-state index contributed by atoms with van der Waals surface area (Å²) in [5.74, 6) is 1.52. The fourth-order valence-electron chi connectivity index (χ4n) is 4.62. The van der Waals surface area contributed by atoms with Crippen LogP contribution in [0.3, 0.4) is 0 Å². The number of aromatic nitrogens is 2. The Kier molecular flexibility index (Phi) is 7.98. The largest absolute Gasteiger partial charge is 0.497 e. The summed E-state index contributed by atoms with van der Waals surface area (Å²) >= 11 is 0. The fourth-order valence-corrected chi connectivity index (χ4v) is 4.62. The zero-order chi connectivity index (χ0) is 25.5. The molecule has 8 nitrogen and oxygen atoms in total. The van der Waals surface area contributed by atoms with Gasteiger partial charge >= 0.3 is 6.03 Å². The highest BCUT2D eigenvalue weighted by Crippen LogP contribution is 2.21. The molecule has 5 rings (SSSR count). The van der Waals surface area contributed by atoms with Gasteiger partial charge in [-0.3, -0.25) is 4.90 Å². The molecule has 0 radical (unpaired) electrons. The van der Waals surface area contributed by atoms with Crippen molar-refractivity contribution in [1.82, 2.24) is 25.5 Å². The SMILES string of the molecule is COc1ccc(CC(NC(=O)NCc2ccccc2CN2CCOCC2)c2nc3ccccc3[nH]2)cc1. The van der Waals surface area contributed by atoms with E-state index in [1.54, 1.807) is 7.11 Å².